The molecule has 0 saturated heterocycles. The number of nitrogens with zero attached hydrogens (tertiary/aromatic N) is 5. The molecule has 0 unspecified atom stereocenters. The Morgan fingerprint density at radius 3 is 2.75 bits per heavy atom. The molecule has 0 spiro atoms. The lowest BCUT2D eigenvalue weighted by Crippen LogP contribution is -2.38. The third-order valence-corrected chi connectivity index (χ3v) is 2.86. The predicted octanol–water partition coefficient (Wildman–Crippen LogP) is 0.372. The van der Waals surface area contributed by atoms with Gasteiger partial charge in [-0.15, -0.1) is 0 Å². The number of hydrogen-bond acceptors (Lipinski definition) is 3. The molecule has 0 fully saturated rings. The lowest BCUT2D eigenvalue weighted by molar-refractivity contribution is 0.661. The average molecular weight is 275 g/mol. The molecule has 0 radical (unpaired) electrons. The van der Waals surface area contributed by atoms with Crippen molar-refractivity contribution in [3.63, 3.8) is 0 Å². The number of rotatable bonds is 6. The van der Waals surface area contributed by atoms with E-state index < -0.39 is 0 Å². The van der Waals surface area contributed by atoms with E-state index in [-0.39, 0.29) is 0 Å². The van der Waals surface area contributed by atoms with Gasteiger partial charge in [-0.3, -0.25) is 4.68 Å². The fourth-order valence-electron chi connectivity index (χ4n) is 1.78. The minimum absolute atomic E-state index is 0.509. The molecule has 2 rings (SSSR count). The highest BCUT2D eigenvalue weighted by Gasteiger charge is 2.01. The lowest BCUT2D eigenvalue weighted by atomic mass is 10.5. The number of guanidine groups is 1. The minimum atomic E-state index is 0.509. The van der Waals surface area contributed by atoms with Crippen molar-refractivity contribution in [1.29, 1.82) is 0 Å². The standard InChI is InChI=1S/C13H21N7/c1-3-14-13(15-6-9-20-7-4-5-8-20)16-10-12-17-11-18-19(12)2/h4-5,7-8,11H,3,6,9-10H2,1-2H3,(H2,14,15,16). The first kappa shape index (κ1) is 14.1. The van der Waals surface area contributed by atoms with Crippen LogP contribution in [0.1, 0.15) is 12.7 Å². The first-order valence-electron chi connectivity index (χ1n) is 6.75. The Hall–Kier alpha value is -2.31. The van der Waals surface area contributed by atoms with Crippen LogP contribution in [0.15, 0.2) is 35.8 Å². The fourth-order valence-corrected chi connectivity index (χ4v) is 1.78. The number of aryl methyl sites for hydroxylation is 1. The monoisotopic (exact) mass is 275 g/mol. The van der Waals surface area contributed by atoms with E-state index in [1.807, 2.05) is 38.5 Å². The third kappa shape index (κ3) is 4.11. The summed E-state index contributed by atoms with van der Waals surface area (Å²) in [6.07, 6.45) is 5.63. The molecule has 20 heavy (non-hydrogen) atoms. The maximum absolute atomic E-state index is 4.50. The Morgan fingerprint density at radius 1 is 1.30 bits per heavy atom. The van der Waals surface area contributed by atoms with Crippen LogP contribution in [0.25, 0.3) is 0 Å². The zero-order valence-electron chi connectivity index (χ0n) is 12.0. The van der Waals surface area contributed by atoms with E-state index in [9.17, 15) is 0 Å². The normalized spacial score (nSPS) is 11.6. The summed E-state index contributed by atoms with van der Waals surface area (Å²) < 4.78 is 3.85. The van der Waals surface area contributed by atoms with Crippen molar-refractivity contribution in [2.45, 2.75) is 20.0 Å². The van der Waals surface area contributed by atoms with Gasteiger partial charge in [0, 0.05) is 39.1 Å². The Balaban J connectivity index is 1.84. The fraction of sp³-hybridized carbons (Fsp3) is 0.462. The van der Waals surface area contributed by atoms with Gasteiger partial charge in [-0.1, -0.05) is 0 Å². The van der Waals surface area contributed by atoms with Gasteiger partial charge in [-0.2, -0.15) is 5.10 Å². The van der Waals surface area contributed by atoms with Gasteiger partial charge in [-0.05, 0) is 19.1 Å². The van der Waals surface area contributed by atoms with E-state index in [0.29, 0.717) is 6.54 Å². The zero-order chi connectivity index (χ0) is 14.2. The Morgan fingerprint density at radius 2 is 2.10 bits per heavy atom. The summed E-state index contributed by atoms with van der Waals surface area (Å²) in [5.74, 6) is 1.63. The van der Waals surface area contributed by atoms with Crippen molar-refractivity contribution in [2.75, 3.05) is 13.1 Å². The molecule has 0 atom stereocenters. The van der Waals surface area contributed by atoms with E-state index in [4.69, 9.17) is 0 Å². The number of nitrogens with one attached hydrogen (secondary N) is 2. The molecule has 2 aromatic heterocycles. The largest absolute Gasteiger partial charge is 0.357 e. The van der Waals surface area contributed by atoms with Crippen molar-refractivity contribution in [2.24, 2.45) is 12.0 Å². The van der Waals surface area contributed by atoms with Crippen molar-refractivity contribution >= 4 is 5.96 Å². The SMILES string of the molecule is CCNC(=NCc1ncnn1C)NCCn1cccc1. The molecular weight excluding hydrogens is 254 g/mol. The summed E-state index contributed by atoms with van der Waals surface area (Å²) in [6, 6.07) is 4.04. The highest BCUT2D eigenvalue weighted by Crippen LogP contribution is 1.93. The maximum atomic E-state index is 4.50. The van der Waals surface area contributed by atoms with E-state index >= 15 is 0 Å². The molecule has 7 heteroatoms. The summed E-state index contributed by atoms with van der Waals surface area (Å²) in [6.45, 7) is 5.11. The Bertz CT molecular complexity index is 527. The molecule has 0 bridgehead atoms. The highest BCUT2D eigenvalue weighted by molar-refractivity contribution is 5.79. The second-order valence-corrected chi connectivity index (χ2v) is 4.34. The number of hydrogen-bond donors (Lipinski definition) is 2. The van der Waals surface area contributed by atoms with Crippen LogP contribution in [0.5, 0.6) is 0 Å². The van der Waals surface area contributed by atoms with Gasteiger partial charge in [-0.25, -0.2) is 9.98 Å². The molecule has 2 N–H and O–H groups in total. The molecule has 2 aromatic rings. The third-order valence-electron chi connectivity index (χ3n) is 2.86. The maximum Gasteiger partial charge on any atom is 0.191 e. The van der Waals surface area contributed by atoms with Gasteiger partial charge < -0.3 is 15.2 Å². The van der Waals surface area contributed by atoms with Gasteiger partial charge >= 0.3 is 0 Å². The molecule has 0 aliphatic heterocycles. The summed E-state index contributed by atoms with van der Waals surface area (Å²) in [5, 5.41) is 10.5. The minimum Gasteiger partial charge on any atom is -0.357 e. The molecule has 0 aliphatic carbocycles. The van der Waals surface area contributed by atoms with Crippen LogP contribution in [0.2, 0.25) is 0 Å². The van der Waals surface area contributed by atoms with Crippen LogP contribution in [-0.4, -0.2) is 38.4 Å². The summed E-state index contributed by atoms with van der Waals surface area (Å²) in [7, 11) is 1.87. The predicted molar refractivity (Wildman–Crippen MR) is 78.3 cm³/mol. The van der Waals surface area contributed by atoms with Crippen LogP contribution in [0, 0.1) is 0 Å². The van der Waals surface area contributed by atoms with E-state index in [1.54, 1.807) is 4.68 Å². The Labute approximate surface area is 118 Å². The van der Waals surface area contributed by atoms with E-state index in [1.165, 1.54) is 6.33 Å². The second-order valence-electron chi connectivity index (χ2n) is 4.34. The van der Waals surface area contributed by atoms with E-state index in [2.05, 4.69) is 30.3 Å². The molecule has 2 heterocycles. The second kappa shape index (κ2) is 7.32. The number of aliphatic imine (C=N–C) groups is 1. The van der Waals surface area contributed by atoms with Gasteiger partial charge in [0.1, 0.15) is 18.7 Å². The highest BCUT2D eigenvalue weighted by atomic mass is 15.3. The van der Waals surface area contributed by atoms with E-state index in [0.717, 1.165) is 31.4 Å². The van der Waals surface area contributed by atoms with Crippen molar-refractivity contribution in [1.82, 2.24) is 30.0 Å². The summed E-state index contributed by atoms with van der Waals surface area (Å²) in [5.41, 5.74) is 0. The molecule has 0 amide bonds. The lowest BCUT2D eigenvalue weighted by Gasteiger charge is -2.11. The molecule has 7 nitrogen and oxygen atoms in total. The Kier molecular flexibility index (Phi) is 5.16. The molecule has 0 aromatic carbocycles. The van der Waals surface area contributed by atoms with Crippen molar-refractivity contribution in [3.05, 3.63) is 36.7 Å². The van der Waals surface area contributed by atoms with Crippen LogP contribution in [0.4, 0.5) is 0 Å². The smallest absolute Gasteiger partial charge is 0.191 e. The first-order valence-corrected chi connectivity index (χ1v) is 6.75. The van der Waals surface area contributed by atoms with Crippen LogP contribution in [0.3, 0.4) is 0 Å². The molecule has 0 saturated carbocycles. The topological polar surface area (TPSA) is 72.1 Å². The van der Waals surface area contributed by atoms with Crippen LogP contribution in [-0.2, 0) is 20.1 Å². The quantitative estimate of drug-likeness (QED) is 0.590. The van der Waals surface area contributed by atoms with Crippen molar-refractivity contribution in [3.8, 4) is 0 Å². The van der Waals surface area contributed by atoms with Crippen LogP contribution < -0.4 is 10.6 Å². The van der Waals surface area contributed by atoms with Gasteiger partial charge in [0.2, 0.25) is 0 Å². The van der Waals surface area contributed by atoms with Gasteiger partial charge in [0.25, 0.3) is 0 Å². The molecule has 108 valence electrons. The van der Waals surface area contributed by atoms with Crippen molar-refractivity contribution < 1.29 is 0 Å². The molecular formula is C13H21N7. The average Bonchev–Trinajstić information content (AvgIpc) is 3.08. The van der Waals surface area contributed by atoms with Gasteiger partial charge in [0.15, 0.2) is 5.96 Å². The molecule has 0 aliphatic rings. The zero-order valence-corrected chi connectivity index (χ0v) is 12.0. The first-order chi connectivity index (χ1) is 9.79. The summed E-state index contributed by atoms with van der Waals surface area (Å²) >= 11 is 0. The summed E-state index contributed by atoms with van der Waals surface area (Å²) in [4.78, 5) is 8.65. The van der Waals surface area contributed by atoms with Gasteiger partial charge in [0.05, 0.1) is 0 Å². The van der Waals surface area contributed by atoms with Crippen LogP contribution >= 0.6 is 0 Å². The number of aromatic nitrogens is 4.